The van der Waals surface area contributed by atoms with Crippen molar-refractivity contribution in [2.45, 2.75) is 65.3 Å². The summed E-state index contributed by atoms with van der Waals surface area (Å²) in [5, 5.41) is 0. The lowest BCUT2D eigenvalue weighted by molar-refractivity contribution is 0.252. The minimum absolute atomic E-state index is 0.362. The first-order valence-electron chi connectivity index (χ1n) is 7.31. The SMILES string of the molecule is CN(CCC(N)CC(C)(C)C)CC1CCCC1. The van der Waals surface area contributed by atoms with Crippen LogP contribution < -0.4 is 5.73 Å². The Morgan fingerprint density at radius 1 is 1.24 bits per heavy atom. The van der Waals surface area contributed by atoms with Crippen LogP contribution in [0.25, 0.3) is 0 Å². The van der Waals surface area contributed by atoms with E-state index in [2.05, 4.69) is 32.7 Å². The van der Waals surface area contributed by atoms with Crippen LogP contribution in [0, 0.1) is 11.3 Å². The van der Waals surface area contributed by atoms with E-state index in [9.17, 15) is 0 Å². The monoisotopic (exact) mass is 240 g/mol. The average molecular weight is 240 g/mol. The highest BCUT2D eigenvalue weighted by molar-refractivity contribution is 4.74. The first-order chi connectivity index (χ1) is 7.87. The molecule has 2 heteroatoms. The summed E-state index contributed by atoms with van der Waals surface area (Å²) >= 11 is 0. The van der Waals surface area contributed by atoms with Gasteiger partial charge < -0.3 is 10.6 Å². The Balaban J connectivity index is 2.11. The van der Waals surface area contributed by atoms with Crippen molar-refractivity contribution >= 4 is 0 Å². The second kappa shape index (κ2) is 6.75. The third kappa shape index (κ3) is 7.05. The molecular weight excluding hydrogens is 208 g/mol. The maximum absolute atomic E-state index is 6.19. The molecule has 0 amide bonds. The summed E-state index contributed by atoms with van der Waals surface area (Å²) in [6, 6.07) is 0.362. The Morgan fingerprint density at radius 3 is 2.35 bits per heavy atom. The summed E-state index contributed by atoms with van der Waals surface area (Å²) in [4.78, 5) is 2.48. The van der Waals surface area contributed by atoms with Gasteiger partial charge in [0.15, 0.2) is 0 Å². The third-order valence-corrected chi connectivity index (χ3v) is 3.80. The van der Waals surface area contributed by atoms with Crippen molar-refractivity contribution in [3.05, 3.63) is 0 Å². The summed E-state index contributed by atoms with van der Waals surface area (Å²) in [6.07, 6.45) is 8.05. The number of hydrogen-bond donors (Lipinski definition) is 1. The maximum Gasteiger partial charge on any atom is 0.00559 e. The molecule has 1 aliphatic carbocycles. The molecule has 0 radical (unpaired) electrons. The molecule has 17 heavy (non-hydrogen) atoms. The fraction of sp³-hybridized carbons (Fsp3) is 1.00. The molecule has 2 N–H and O–H groups in total. The van der Waals surface area contributed by atoms with E-state index in [-0.39, 0.29) is 0 Å². The molecule has 102 valence electrons. The van der Waals surface area contributed by atoms with E-state index in [1.807, 2.05) is 0 Å². The van der Waals surface area contributed by atoms with Crippen molar-refractivity contribution in [1.29, 1.82) is 0 Å². The molecule has 1 rings (SSSR count). The second-order valence-corrected chi connectivity index (χ2v) is 7.23. The van der Waals surface area contributed by atoms with Crippen molar-refractivity contribution in [1.82, 2.24) is 4.90 Å². The molecule has 0 saturated heterocycles. The first-order valence-corrected chi connectivity index (χ1v) is 7.31. The standard InChI is InChI=1S/C15H32N2/c1-15(2,3)11-14(16)9-10-17(4)12-13-7-5-6-8-13/h13-14H,5-12,16H2,1-4H3. The Bertz CT molecular complexity index is 201. The van der Waals surface area contributed by atoms with Gasteiger partial charge in [-0.1, -0.05) is 33.6 Å². The third-order valence-electron chi connectivity index (χ3n) is 3.80. The normalized spacial score (nSPS) is 20.1. The van der Waals surface area contributed by atoms with Crippen LogP contribution in [0.2, 0.25) is 0 Å². The molecule has 0 aromatic rings. The van der Waals surface area contributed by atoms with E-state index in [0.29, 0.717) is 11.5 Å². The predicted octanol–water partition coefficient (Wildman–Crippen LogP) is 3.26. The van der Waals surface area contributed by atoms with E-state index < -0.39 is 0 Å². The van der Waals surface area contributed by atoms with Gasteiger partial charge in [0.1, 0.15) is 0 Å². The molecule has 0 bridgehead atoms. The van der Waals surface area contributed by atoms with Gasteiger partial charge in [0, 0.05) is 12.6 Å². The lowest BCUT2D eigenvalue weighted by Crippen LogP contribution is -2.33. The van der Waals surface area contributed by atoms with Crippen LogP contribution in [0.4, 0.5) is 0 Å². The van der Waals surface area contributed by atoms with Crippen LogP contribution in [-0.2, 0) is 0 Å². The highest BCUT2D eigenvalue weighted by atomic mass is 15.1. The lowest BCUT2D eigenvalue weighted by atomic mass is 9.87. The molecular formula is C15H32N2. The highest BCUT2D eigenvalue weighted by Crippen LogP contribution is 2.25. The number of hydrogen-bond acceptors (Lipinski definition) is 2. The van der Waals surface area contributed by atoms with Crippen LogP contribution in [-0.4, -0.2) is 31.1 Å². The Morgan fingerprint density at radius 2 is 1.82 bits per heavy atom. The van der Waals surface area contributed by atoms with Crippen molar-refractivity contribution in [2.75, 3.05) is 20.1 Å². The van der Waals surface area contributed by atoms with Crippen LogP contribution in [0.3, 0.4) is 0 Å². The zero-order chi connectivity index (χ0) is 12.9. The summed E-state index contributed by atoms with van der Waals surface area (Å²) in [6.45, 7) is 9.26. The Hall–Kier alpha value is -0.0800. The second-order valence-electron chi connectivity index (χ2n) is 7.23. The Kier molecular flexibility index (Phi) is 5.94. The van der Waals surface area contributed by atoms with Crippen molar-refractivity contribution < 1.29 is 0 Å². The minimum Gasteiger partial charge on any atom is -0.328 e. The van der Waals surface area contributed by atoms with E-state index in [1.165, 1.54) is 32.2 Å². The van der Waals surface area contributed by atoms with Gasteiger partial charge >= 0.3 is 0 Å². The number of nitrogens with two attached hydrogens (primary N) is 1. The number of rotatable bonds is 6. The highest BCUT2D eigenvalue weighted by Gasteiger charge is 2.18. The quantitative estimate of drug-likeness (QED) is 0.772. The molecule has 2 nitrogen and oxygen atoms in total. The molecule has 1 unspecified atom stereocenters. The predicted molar refractivity (Wildman–Crippen MR) is 76.1 cm³/mol. The van der Waals surface area contributed by atoms with Gasteiger partial charge in [0.25, 0.3) is 0 Å². The molecule has 1 fully saturated rings. The van der Waals surface area contributed by atoms with Crippen LogP contribution >= 0.6 is 0 Å². The smallest absolute Gasteiger partial charge is 0.00559 e. The zero-order valence-electron chi connectivity index (χ0n) is 12.3. The van der Waals surface area contributed by atoms with Gasteiger partial charge in [0.05, 0.1) is 0 Å². The summed E-state index contributed by atoms with van der Waals surface area (Å²) in [5.74, 6) is 0.957. The van der Waals surface area contributed by atoms with Gasteiger partial charge in [-0.2, -0.15) is 0 Å². The zero-order valence-corrected chi connectivity index (χ0v) is 12.3. The van der Waals surface area contributed by atoms with Gasteiger partial charge in [-0.05, 0) is 50.6 Å². The summed E-state index contributed by atoms with van der Waals surface area (Å²) in [5.41, 5.74) is 6.55. The van der Waals surface area contributed by atoms with Gasteiger partial charge in [-0.15, -0.1) is 0 Å². The summed E-state index contributed by atoms with van der Waals surface area (Å²) < 4.78 is 0. The molecule has 0 heterocycles. The van der Waals surface area contributed by atoms with E-state index >= 15 is 0 Å². The molecule has 1 atom stereocenters. The number of nitrogens with zero attached hydrogens (tertiary/aromatic N) is 1. The van der Waals surface area contributed by atoms with E-state index in [1.54, 1.807) is 0 Å². The minimum atomic E-state index is 0.362. The van der Waals surface area contributed by atoms with Gasteiger partial charge in [-0.3, -0.25) is 0 Å². The van der Waals surface area contributed by atoms with Crippen LogP contribution in [0.15, 0.2) is 0 Å². The maximum atomic E-state index is 6.19. The lowest BCUT2D eigenvalue weighted by Gasteiger charge is -2.26. The van der Waals surface area contributed by atoms with E-state index in [0.717, 1.165) is 25.3 Å². The van der Waals surface area contributed by atoms with Crippen LogP contribution in [0.1, 0.15) is 59.3 Å². The van der Waals surface area contributed by atoms with Gasteiger partial charge in [0.2, 0.25) is 0 Å². The van der Waals surface area contributed by atoms with E-state index in [4.69, 9.17) is 5.73 Å². The van der Waals surface area contributed by atoms with Crippen molar-refractivity contribution in [3.63, 3.8) is 0 Å². The largest absolute Gasteiger partial charge is 0.328 e. The molecule has 1 saturated carbocycles. The molecule has 0 aliphatic heterocycles. The van der Waals surface area contributed by atoms with Crippen molar-refractivity contribution in [3.8, 4) is 0 Å². The summed E-state index contributed by atoms with van der Waals surface area (Å²) in [7, 11) is 2.25. The average Bonchev–Trinajstić information content (AvgIpc) is 2.64. The van der Waals surface area contributed by atoms with Gasteiger partial charge in [-0.25, -0.2) is 0 Å². The van der Waals surface area contributed by atoms with Crippen LogP contribution in [0.5, 0.6) is 0 Å². The fourth-order valence-electron chi connectivity index (χ4n) is 3.00. The molecule has 0 spiro atoms. The van der Waals surface area contributed by atoms with Crippen molar-refractivity contribution in [2.24, 2.45) is 17.1 Å². The molecule has 1 aliphatic rings. The molecule has 0 aromatic heterocycles. The topological polar surface area (TPSA) is 29.3 Å². The fourth-order valence-corrected chi connectivity index (χ4v) is 3.00. The Labute approximate surface area is 108 Å². The molecule has 0 aromatic carbocycles. The first kappa shape index (κ1) is 15.0.